The molecule has 3 heteroatoms. The van der Waals surface area contributed by atoms with E-state index in [9.17, 15) is 0 Å². The number of hydrogen-bond acceptors (Lipinski definition) is 2. The minimum Gasteiger partial charge on any atom is -0.236 e. The molecule has 0 aliphatic rings. The van der Waals surface area contributed by atoms with Crippen molar-refractivity contribution in [1.82, 2.24) is 4.98 Å². The molecule has 0 saturated carbocycles. The van der Waals surface area contributed by atoms with Gasteiger partial charge in [0.1, 0.15) is 5.01 Å². The SMILES string of the molecule is Clc1cccc(-c2csc(-c3ccccc3)n2)c1. The molecule has 18 heavy (non-hydrogen) atoms. The number of benzene rings is 2. The highest BCUT2D eigenvalue weighted by atomic mass is 35.5. The van der Waals surface area contributed by atoms with E-state index in [2.05, 4.69) is 22.5 Å². The average molecular weight is 272 g/mol. The second-order valence-electron chi connectivity index (χ2n) is 3.91. The van der Waals surface area contributed by atoms with E-state index in [1.165, 1.54) is 0 Å². The van der Waals surface area contributed by atoms with Crippen molar-refractivity contribution in [1.29, 1.82) is 0 Å². The summed E-state index contributed by atoms with van der Waals surface area (Å²) in [4.78, 5) is 4.65. The Balaban J connectivity index is 2.00. The molecule has 3 rings (SSSR count). The smallest absolute Gasteiger partial charge is 0.124 e. The molecule has 2 aromatic carbocycles. The van der Waals surface area contributed by atoms with Crippen molar-refractivity contribution in [2.75, 3.05) is 0 Å². The van der Waals surface area contributed by atoms with Crippen molar-refractivity contribution in [3.8, 4) is 21.8 Å². The highest BCUT2D eigenvalue weighted by Crippen LogP contribution is 2.29. The Hall–Kier alpha value is -1.64. The van der Waals surface area contributed by atoms with Crippen LogP contribution in [0.3, 0.4) is 0 Å². The Kier molecular flexibility index (Phi) is 3.13. The summed E-state index contributed by atoms with van der Waals surface area (Å²) in [5.74, 6) is 0. The van der Waals surface area contributed by atoms with Gasteiger partial charge in [0.2, 0.25) is 0 Å². The molecule has 0 radical (unpaired) electrons. The van der Waals surface area contributed by atoms with E-state index in [1.807, 2.05) is 42.5 Å². The van der Waals surface area contributed by atoms with Gasteiger partial charge >= 0.3 is 0 Å². The third-order valence-corrected chi connectivity index (χ3v) is 3.77. The molecule has 1 heterocycles. The first-order chi connectivity index (χ1) is 8.83. The predicted molar refractivity (Wildman–Crippen MR) is 78.0 cm³/mol. The Bertz CT molecular complexity index is 661. The Morgan fingerprint density at radius 1 is 0.889 bits per heavy atom. The van der Waals surface area contributed by atoms with Crippen LogP contribution in [0.1, 0.15) is 0 Å². The summed E-state index contributed by atoms with van der Waals surface area (Å²) in [5, 5.41) is 3.83. The van der Waals surface area contributed by atoms with E-state index in [1.54, 1.807) is 11.3 Å². The largest absolute Gasteiger partial charge is 0.236 e. The zero-order valence-electron chi connectivity index (χ0n) is 9.51. The van der Waals surface area contributed by atoms with E-state index in [0.29, 0.717) is 0 Å². The third kappa shape index (κ3) is 2.30. The van der Waals surface area contributed by atoms with Crippen LogP contribution < -0.4 is 0 Å². The van der Waals surface area contributed by atoms with Crippen LogP contribution in [0.15, 0.2) is 60.0 Å². The fourth-order valence-corrected chi connectivity index (χ4v) is 2.79. The van der Waals surface area contributed by atoms with Crippen LogP contribution in [-0.2, 0) is 0 Å². The summed E-state index contributed by atoms with van der Waals surface area (Å²) in [7, 11) is 0. The molecule has 0 unspecified atom stereocenters. The molecular weight excluding hydrogens is 262 g/mol. The number of halogens is 1. The second kappa shape index (κ2) is 4.92. The van der Waals surface area contributed by atoms with Gasteiger partial charge in [-0.15, -0.1) is 11.3 Å². The number of aromatic nitrogens is 1. The van der Waals surface area contributed by atoms with Crippen molar-refractivity contribution in [2.24, 2.45) is 0 Å². The Morgan fingerprint density at radius 2 is 1.67 bits per heavy atom. The molecule has 1 nitrogen and oxygen atoms in total. The lowest BCUT2D eigenvalue weighted by Crippen LogP contribution is -1.79. The predicted octanol–water partition coefficient (Wildman–Crippen LogP) is 5.13. The lowest BCUT2D eigenvalue weighted by molar-refractivity contribution is 1.40. The van der Waals surface area contributed by atoms with Crippen molar-refractivity contribution < 1.29 is 0 Å². The van der Waals surface area contributed by atoms with Crippen molar-refractivity contribution >= 4 is 22.9 Å². The average Bonchev–Trinajstić information content (AvgIpc) is 2.89. The summed E-state index contributed by atoms with van der Waals surface area (Å²) < 4.78 is 0. The number of hydrogen-bond donors (Lipinski definition) is 0. The van der Waals surface area contributed by atoms with Crippen molar-refractivity contribution in [3.05, 3.63) is 65.0 Å². The van der Waals surface area contributed by atoms with E-state index in [-0.39, 0.29) is 0 Å². The first-order valence-electron chi connectivity index (χ1n) is 5.60. The van der Waals surface area contributed by atoms with Crippen LogP contribution in [0.2, 0.25) is 5.02 Å². The van der Waals surface area contributed by atoms with Crippen LogP contribution in [0.25, 0.3) is 21.8 Å². The summed E-state index contributed by atoms with van der Waals surface area (Å²) in [6.45, 7) is 0. The molecule has 0 aliphatic carbocycles. The number of nitrogens with zero attached hydrogens (tertiary/aromatic N) is 1. The van der Waals surface area contributed by atoms with Crippen LogP contribution in [0.5, 0.6) is 0 Å². The highest BCUT2D eigenvalue weighted by molar-refractivity contribution is 7.13. The first-order valence-corrected chi connectivity index (χ1v) is 6.85. The maximum Gasteiger partial charge on any atom is 0.124 e. The third-order valence-electron chi connectivity index (χ3n) is 2.65. The van der Waals surface area contributed by atoms with Crippen molar-refractivity contribution in [3.63, 3.8) is 0 Å². The summed E-state index contributed by atoms with van der Waals surface area (Å²) in [6.07, 6.45) is 0. The van der Waals surface area contributed by atoms with Gasteiger partial charge in [0.15, 0.2) is 0 Å². The van der Waals surface area contributed by atoms with E-state index >= 15 is 0 Å². The molecule has 1 aromatic heterocycles. The fraction of sp³-hybridized carbons (Fsp3) is 0. The molecule has 0 fully saturated rings. The van der Waals surface area contributed by atoms with Crippen molar-refractivity contribution in [2.45, 2.75) is 0 Å². The Morgan fingerprint density at radius 3 is 2.44 bits per heavy atom. The number of thiazole rings is 1. The van der Waals surface area contributed by atoms with E-state index in [0.717, 1.165) is 26.9 Å². The molecule has 3 aromatic rings. The quantitative estimate of drug-likeness (QED) is 0.630. The summed E-state index contributed by atoms with van der Waals surface area (Å²) in [5.41, 5.74) is 3.18. The van der Waals surface area contributed by atoms with Gasteiger partial charge in [0.05, 0.1) is 5.69 Å². The molecule has 0 amide bonds. The molecule has 0 atom stereocenters. The molecule has 0 N–H and O–H groups in total. The summed E-state index contributed by atoms with van der Waals surface area (Å²) >= 11 is 7.64. The normalized spacial score (nSPS) is 10.5. The van der Waals surface area contributed by atoms with Crippen LogP contribution in [0.4, 0.5) is 0 Å². The van der Waals surface area contributed by atoms with Crippen LogP contribution in [0, 0.1) is 0 Å². The van der Waals surface area contributed by atoms with Gasteiger partial charge in [-0.1, -0.05) is 54.1 Å². The van der Waals surface area contributed by atoms with Gasteiger partial charge in [-0.3, -0.25) is 0 Å². The second-order valence-corrected chi connectivity index (χ2v) is 5.21. The van der Waals surface area contributed by atoms with E-state index < -0.39 is 0 Å². The summed E-state index contributed by atoms with van der Waals surface area (Å²) in [6, 6.07) is 18.0. The maximum absolute atomic E-state index is 5.99. The minimum absolute atomic E-state index is 0.738. The van der Waals surface area contributed by atoms with Crippen LogP contribution >= 0.6 is 22.9 Å². The minimum atomic E-state index is 0.738. The highest BCUT2D eigenvalue weighted by Gasteiger charge is 2.06. The van der Waals surface area contributed by atoms with Gasteiger partial charge in [-0.25, -0.2) is 4.98 Å². The molecule has 0 aliphatic heterocycles. The zero-order chi connectivity index (χ0) is 12.4. The maximum atomic E-state index is 5.99. The van der Waals surface area contributed by atoms with E-state index in [4.69, 9.17) is 11.6 Å². The standard InChI is InChI=1S/C15H10ClNS/c16-13-8-4-7-12(9-13)14-10-18-15(17-14)11-5-2-1-3-6-11/h1-10H. The lowest BCUT2D eigenvalue weighted by atomic mass is 10.2. The van der Waals surface area contributed by atoms with Gasteiger partial charge < -0.3 is 0 Å². The van der Waals surface area contributed by atoms with Crippen LogP contribution in [-0.4, -0.2) is 4.98 Å². The van der Waals surface area contributed by atoms with Gasteiger partial charge in [-0.2, -0.15) is 0 Å². The zero-order valence-corrected chi connectivity index (χ0v) is 11.1. The molecule has 88 valence electrons. The van der Waals surface area contributed by atoms with Gasteiger partial charge in [0, 0.05) is 21.5 Å². The molecule has 0 bridgehead atoms. The molecule has 0 spiro atoms. The fourth-order valence-electron chi connectivity index (χ4n) is 1.77. The lowest BCUT2D eigenvalue weighted by Gasteiger charge is -1.97. The number of rotatable bonds is 2. The molecule has 0 saturated heterocycles. The monoisotopic (exact) mass is 271 g/mol. The topological polar surface area (TPSA) is 12.9 Å². The van der Waals surface area contributed by atoms with Gasteiger partial charge in [-0.05, 0) is 12.1 Å². The first kappa shape index (κ1) is 11.5. The molecular formula is C15H10ClNS. The Labute approximate surface area is 115 Å². The van der Waals surface area contributed by atoms with Gasteiger partial charge in [0.25, 0.3) is 0 Å².